The average molecular weight is 302 g/mol. The summed E-state index contributed by atoms with van der Waals surface area (Å²) in [5, 5.41) is 9.70. The van der Waals surface area contributed by atoms with E-state index in [1.54, 1.807) is 6.07 Å². The maximum Gasteiger partial charge on any atom is 0.352 e. The van der Waals surface area contributed by atoms with E-state index in [9.17, 15) is 19.1 Å². The standard InChI is InChI=1S/C10H11N2O5PS/c13-9(14)10(19,18(15,16)17)3-6-4-12-8-5-11-2-1-7(6)8/h1-2,4-5,12,19H,3H2,(H,13,14)(H2,15,16,17). The van der Waals surface area contributed by atoms with E-state index in [4.69, 9.17) is 5.11 Å². The summed E-state index contributed by atoms with van der Waals surface area (Å²) < 4.78 is 8.92. The molecule has 1 atom stereocenters. The van der Waals surface area contributed by atoms with Gasteiger partial charge in [-0.25, -0.2) is 0 Å². The zero-order valence-corrected chi connectivity index (χ0v) is 11.3. The van der Waals surface area contributed by atoms with Crippen LogP contribution in [0.1, 0.15) is 5.56 Å². The molecule has 0 aliphatic carbocycles. The minimum absolute atomic E-state index is 0.403. The van der Waals surface area contributed by atoms with Crippen molar-refractivity contribution in [2.24, 2.45) is 0 Å². The summed E-state index contributed by atoms with van der Waals surface area (Å²) in [6.45, 7) is 0. The molecule has 0 amide bonds. The number of aromatic amines is 1. The zero-order valence-electron chi connectivity index (χ0n) is 9.52. The number of thiol groups is 1. The number of hydrogen-bond acceptors (Lipinski definition) is 4. The van der Waals surface area contributed by atoms with Gasteiger partial charge in [0, 0.05) is 24.2 Å². The molecule has 0 fully saturated rings. The zero-order chi connectivity index (χ0) is 14.3. The van der Waals surface area contributed by atoms with Crippen LogP contribution in [0.15, 0.2) is 24.7 Å². The van der Waals surface area contributed by atoms with Gasteiger partial charge in [0.1, 0.15) is 0 Å². The first-order valence-corrected chi connectivity index (χ1v) is 7.23. The smallest absolute Gasteiger partial charge is 0.352 e. The molecule has 2 heterocycles. The van der Waals surface area contributed by atoms with Gasteiger partial charge in [0.25, 0.3) is 0 Å². The SMILES string of the molecule is O=C(O)C(S)(Cc1c[nH]c2cnccc12)P(=O)(O)O. The van der Waals surface area contributed by atoms with Gasteiger partial charge in [-0.05, 0) is 11.6 Å². The Morgan fingerprint density at radius 2 is 2.21 bits per heavy atom. The van der Waals surface area contributed by atoms with Crippen LogP contribution in [-0.2, 0) is 15.8 Å². The van der Waals surface area contributed by atoms with E-state index in [1.165, 1.54) is 18.6 Å². The highest BCUT2D eigenvalue weighted by atomic mass is 32.1. The van der Waals surface area contributed by atoms with Gasteiger partial charge in [-0.3, -0.25) is 14.3 Å². The second kappa shape index (κ2) is 4.64. The van der Waals surface area contributed by atoms with Crippen molar-refractivity contribution in [1.29, 1.82) is 0 Å². The normalized spacial score (nSPS) is 15.3. The van der Waals surface area contributed by atoms with Crippen LogP contribution in [0.2, 0.25) is 0 Å². The van der Waals surface area contributed by atoms with Crippen molar-refractivity contribution in [2.75, 3.05) is 0 Å². The number of carboxylic acids is 1. The first-order chi connectivity index (χ1) is 8.75. The first kappa shape index (κ1) is 14.1. The van der Waals surface area contributed by atoms with Gasteiger partial charge in [0.15, 0.2) is 0 Å². The van der Waals surface area contributed by atoms with Crippen LogP contribution in [0.5, 0.6) is 0 Å². The van der Waals surface area contributed by atoms with Crippen molar-refractivity contribution >= 4 is 37.1 Å². The lowest BCUT2D eigenvalue weighted by Gasteiger charge is -2.24. The molecule has 102 valence electrons. The molecular weight excluding hydrogens is 291 g/mol. The third kappa shape index (κ3) is 2.40. The van der Waals surface area contributed by atoms with Gasteiger partial charge in [0.2, 0.25) is 4.49 Å². The predicted molar refractivity (Wildman–Crippen MR) is 71.2 cm³/mol. The molecule has 0 bridgehead atoms. The van der Waals surface area contributed by atoms with Gasteiger partial charge < -0.3 is 19.9 Å². The molecule has 2 aromatic heterocycles. The van der Waals surface area contributed by atoms with Crippen molar-refractivity contribution in [3.8, 4) is 0 Å². The number of aromatic nitrogens is 2. The lowest BCUT2D eigenvalue weighted by atomic mass is 10.1. The van der Waals surface area contributed by atoms with Crippen molar-refractivity contribution < 1.29 is 24.3 Å². The topological polar surface area (TPSA) is 124 Å². The van der Waals surface area contributed by atoms with E-state index in [2.05, 4.69) is 22.6 Å². The van der Waals surface area contributed by atoms with Crippen molar-refractivity contribution in [3.63, 3.8) is 0 Å². The lowest BCUT2D eigenvalue weighted by molar-refractivity contribution is -0.137. The summed E-state index contributed by atoms with van der Waals surface area (Å²) in [6, 6.07) is 1.64. The molecule has 9 heteroatoms. The number of carboxylic acid groups (broad SMARTS) is 1. The summed E-state index contributed by atoms with van der Waals surface area (Å²) in [6.07, 6.45) is 4.14. The maximum absolute atomic E-state index is 11.4. The van der Waals surface area contributed by atoms with Crippen molar-refractivity contribution in [2.45, 2.75) is 10.9 Å². The van der Waals surface area contributed by atoms with Crippen LogP contribution in [0.4, 0.5) is 0 Å². The monoisotopic (exact) mass is 302 g/mol. The molecule has 0 radical (unpaired) electrons. The number of nitrogens with zero attached hydrogens (tertiary/aromatic N) is 1. The van der Waals surface area contributed by atoms with Crippen LogP contribution in [0, 0.1) is 0 Å². The predicted octanol–water partition coefficient (Wildman–Crippen LogP) is 0.994. The highest BCUT2D eigenvalue weighted by molar-refractivity contribution is 7.92. The molecule has 2 rings (SSSR count). The molecule has 2 aromatic rings. The highest BCUT2D eigenvalue weighted by Gasteiger charge is 2.51. The Bertz CT molecular complexity index is 681. The number of carbonyl (C=O) groups is 1. The number of fused-ring (bicyclic) bond motifs is 1. The molecule has 1 unspecified atom stereocenters. The van der Waals surface area contributed by atoms with Gasteiger partial charge in [-0.2, -0.15) is 0 Å². The van der Waals surface area contributed by atoms with Crippen LogP contribution in [0.25, 0.3) is 10.9 Å². The number of H-pyrrole nitrogens is 1. The third-order valence-electron chi connectivity index (χ3n) is 2.83. The van der Waals surface area contributed by atoms with Crippen LogP contribution in [-0.4, -0.2) is 35.3 Å². The fourth-order valence-electron chi connectivity index (χ4n) is 1.75. The van der Waals surface area contributed by atoms with Gasteiger partial charge >= 0.3 is 13.6 Å². The molecule has 0 aliphatic heterocycles. The summed E-state index contributed by atoms with van der Waals surface area (Å²) >= 11 is 3.71. The number of nitrogens with one attached hydrogen (secondary N) is 1. The molecule has 0 spiro atoms. The van der Waals surface area contributed by atoms with Crippen molar-refractivity contribution in [1.82, 2.24) is 9.97 Å². The third-order valence-corrected chi connectivity index (χ3v) is 5.27. The van der Waals surface area contributed by atoms with Crippen LogP contribution in [0.3, 0.4) is 0 Å². The Morgan fingerprint density at radius 3 is 2.79 bits per heavy atom. The summed E-state index contributed by atoms with van der Waals surface area (Å²) in [5.74, 6) is -1.66. The molecule has 4 N–H and O–H groups in total. The van der Waals surface area contributed by atoms with E-state index in [1.807, 2.05) is 0 Å². The van der Waals surface area contributed by atoms with Gasteiger partial charge in [-0.1, -0.05) is 0 Å². The minimum Gasteiger partial charge on any atom is -0.480 e. The Labute approximate surface area is 113 Å². The fraction of sp³-hybridized carbons (Fsp3) is 0.200. The molecule has 7 nitrogen and oxygen atoms in total. The molecule has 0 saturated heterocycles. The second-order valence-electron chi connectivity index (χ2n) is 4.08. The van der Waals surface area contributed by atoms with Crippen molar-refractivity contribution in [3.05, 3.63) is 30.2 Å². The fourth-order valence-corrected chi connectivity index (χ4v) is 2.54. The number of hydrogen-bond donors (Lipinski definition) is 5. The summed E-state index contributed by atoms with van der Waals surface area (Å²) in [5.41, 5.74) is 1.11. The highest BCUT2D eigenvalue weighted by Crippen LogP contribution is 2.55. The molecular formula is C10H11N2O5PS. The summed E-state index contributed by atoms with van der Waals surface area (Å²) in [4.78, 5) is 36.3. The molecule has 0 saturated carbocycles. The Kier molecular flexibility index (Phi) is 3.44. The minimum atomic E-state index is -4.93. The number of pyridine rings is 1. The summed E-state index contributed by atoms with van der Waals surface area (Å²) in [7, 11) is -4.93. The Morgan fingerprint density at radius 1 is 1.53 bits per heavy atom. The number of aliphatic carboxylic acids is 1. The van der Waals surface area contributed by atoms with E-state index in [0.29, 0.717) is 16.5 Å². The van der Waals surface area contributed by atoms with Crippen LogP contribution < -0.4 is 0 Å². The molecule has 19 heavy (non-hydrogen) atoms. The van der Waals surface area contributed by atoms with Gasteiger partial charge in [0.05, 0.1) is 11.7 Å². The first-order valence-electron chi connectivity index (χ1n) is 5.17. The average Bonchev–Trinajstić information content (AvgIpc) is 2.71. The number of rotatable bonds is 4. The quantitative estimate of drug-likeness (QED) is 0.424. The van der Waals surface area contributed by atoms with E-state index >= 15 is 0 Å². The van der Waals surface area contributed by atoms with E-state index < -0.39 is 24.5 Å². The largest absolute Gasteiger partial charge is 0.480 e. The Hall–Kier alpha value is -1.34. The maximum atomic E-state index is 11.4. The van der Waals surface area contributed by atoms with Crippen LogP contribution >= 0.6 is 20.2 Å². The second-order valence-corrected chi connectivity index (χ2v) is 7.05. The van der Waals surface area contributed by atoms with E-state index in [-0.39, 0.29) is 0 Å². The lowest BCUT2D eigenvalue weighted by Crippen LogP contribution is -2.34. The van der Waals surface area contributed by atoms with E-state index in [0.717, 1.165) is 0 Å². The molecule has 0 aromatic carbocycles. The Balaban J connectivity index is 2.49. The van der Waals surface area contributed by atoms with Gasteiger partial charge in [-0.15, -0.1) is 12.6 Å². The molecule has 0 aliphatic rings.